The van der Waals surface area contributed by atoms with Crippen molar-refractivity contribution in [1.82, 2.24) is 9.36 Å². The van der Waals surface area contributed by atoms with Crippen molar-refractivity contribution in [3.05, 3.63) is 40.3 Å². The topological polar surface area (TPSA) is 62.2 Å². The van der Waals surface area contributed by atoms with E-state index in [1.54, 1.807) is 11.8 Å². The molecule has 0 aliphatic heterocycles. The monoisotopic (exact) mass is 275 g/mol. The number of hydrogen-bond acceptors (Lipinski definition) is 3. The molecule has 0 fully saturated rings. The predicted octanol–water partition coefficient (Wildman–Crippen LogP) is 2.20. The van der Waals surface area contributed by atoms with E-state index in [1.807, 2.05) is 35.9 Å². The normalized spacial score (nSPS) is 10.8. The molecule has 0 saturated carbocycles. The Morgan fingerprint density at radius 2 is 1.95 bits per heavy atom. The zero-order valence-electron chi connectivity index (χ0n) is 12.2. The maximum absolute atomic E-state index is 12.5. The number of aromatic nitrogens is 2. The van der Waals surface area contributed by atoms with Gasteiger partial charge in [0.05, 0.1) is 12.8 Å². The third kappa shape index (κ3) is 2.19. The summed E-state index contributed by atoms with van der Waals surface area (Å²) in [6.07, 6.45) is 1.65. The van der Waals surface area contributed by atoms with Gasteiger partial charge in [-0.2, -0.15) is 0 Å². The quantitative estimate of drug-likeness (QED) is 0.910. The number of para-hydroxylation sites is 2. The molecule has 108 valence electrons. The first-order valence-electron chi connectivity index (χ1n) is 6.89. The fraction of sp³-hybridized carbons (Fsp3) is 0.400. The van der Waals surface area contributed by atoms with E-state index < -0.39 is 0 Å². The van der Waals surface area contributed by atoms with Crippen molar-refractivity contribution in [1.29, 1.82) is 0 Å². The van der Waals surface area contributed by atoms with Crippen LogP contribution in [0, 0.1) is 0 Å². The molecule has 1 aromatic heterocycles. The standard InChI is InChI=1S/C15H21N3O2/c1-4-10-17-11(5-2)14(16)15(19)18(17)12-8-6-7-9-13(12)20-3/h6-9H,4-5,10,16H2,1-3H3. The fourth-order valence-electron chi connectivity index (χ4n) is 2.47. The van der Waals surface area contributed by atoms with Gasteiger partial charge < -0.3 is 10.5 Å². The molecule has 20 heavy (non-hydrogen) atoms. The van der Waals surface area contributed by atoms with Crippen LogP contribution in [-0.4, -0.2) is 16.5 Å². The Kier molecular flexibility index (Phi) is 4.17. The Morgan fingerprint density at radius 1 is 1.25 bits per heavy atom. The number of nitrogen functional groups attached to an aromatic ring is 1. The molecule has 2 rings (SSSR count). The summed E-state index contributed by atoms with van der Waals surface area (Å²) in [5, 5.41) is 0. The smallest absolute Gasteiger partial charge is 0.294 e. The average molecular weight is 275 g/mol. The van der Waals surface area contributed by atoms with Crippen LogP contribution in [-0.2, 0) is 13.0 Å². The zero-order chi connectivity index (χ0) is 14.7. The van der Waals surface area contributed by atoms with Crippen molar-refractivity contribution >= 4 is 5.69 Å². The van der Waals surface area contributed by atoms with Gasteiger partial charge in [0.1, 0.15) is 17.1 Å². The number of nitrogens with zero attached hydrogens (tertiary/aromatic N) is 2. The number of methoxy groups -OCH3 is 1. The maximum Gasteiger partial charge on any atom is 0.294 e. The molecule has 0 spiro atoms. The predicted molar refractivity (Wildman–Crippen MR) is 80.7 cm³/mol. The van der Waals surface area contributed by atoms with Crippen molar-refractivity contribution in [2.75, 3.05) is 12.8 Å². The third-order valence-corrected chi connectivity index (χ3v) is 3.37. The van der Waals surface area contributed by atoms with Crippen molar-refractivity contribution in [2.24, 2.45) is 0 Å². The maximum atomic E-state index is 12.5. The largest absolute Gasteiger partial charge is 0.494 e. The average Bonchev–Trinajstić information content (AvgIpc) is 2.70. The van der Waals surface area contributed by atoms with E-state index in [1.165, 1.54) is 0 Å². The van der Waals surface area contributed by atoms with E-state index in [4.69, 9.17) is 10.5 Å². The summed E-state index contributed by atoms with van der Waals surface area (Å²) in [5.74, 6) is 0.659. The molecule has 0 unspecified atom stereocenters. The van der Waals surface area contributed by atoms with Crippen LogP contribution in [0.3, 0.4) is 0 Å². The Labute approximate surface area is 118 Å². The molecule has 1 aromatic carbocycles. The van der Waals surface area contributed by atoms with Crippen molar-refractivity contribution in [3.63, 3.8) is 0 Å². The molecule has 0 atom stereocenters. The van der Waals surface area contributed by atoms with Crippen molar-refractivity contribution in [3.8, 4) is 11.4 Å². The highest BCUT2D eigenvalue weighted by Crippen LogP contribution is 2.23. The highest BCUT2D eigenvalue weighted by atomic mass is 16.5. The first-order chi connectivity index (χ1) is 9.65. The number of hydrogen-bond donors (Lipinski definition) is 1. The summed E-state index contributed by atoms with van der Waals surface area (Å²) in [4.78, 5) is 12.5. The van der Waals surface area contributed by atoms with Crippen LogP contribution < -0.4 is 16.0 Å². The second-order valence-electron chi connectivity index (χ2n) is 4.63. The molecule has 0 saturated heterocycles. The van der Waals surface area contributed by atoms with Gasteiger partial charge >= 0.3 is 0 Å². The van der Waals surface area contributed by atoms with Crippen molar-refractivity contribution in [2.45, 2.75) is 33.2 Å². The highest BCUT2D eigenvalue weighted by molar-refractivity contribution is 5.51. The van der Waals surface area contributed by atoms with E-state index in [9.17, 15) is 4.79 Å². The van der Waals surface area contributed by atoms with Crippen LogP contribution in [0.1, 0.15) is 26.0 Å². The molecule has 1 heterocycles. The number of anilines is 1. The van der Waals surface area contributed by atoms with E-state index >= 15 is 0 Å². The molecule has 5 heteroatoms. The van der Waals surface area contributed by atoms with Gasteiger partial charge in [-0.25, -0.2) is 4.68 Å². The van der Waals surface area contributed by atoms with Gasteiger partial charge in [0, 0.05) is 6.54 Å². The van der Waals surface area contributed by atoms with Crippen molar-refractivity contribution < 1.29 is 4.74 Å². The van der Waals surface area contributed by atoms with Crippen LogP contribution in [0.2, 0.25) is 0 Å². The molecule has 5 nitrogen and oxygen atoms in total. The molecule has 0 bridgehead atoms. The van der Waals surface area contributed by atoms with Gasteiger partial charge in [0.25, 0.3) is 5.56 Å². The molecule has 0 aliphatic carbocycles. The number of benzene rings is 1. The zero-order valence-corrected chi connectivity index (χ0v) is 12.2. The highest BCUT2D eigenvalue weighted by Gasteiger charge is 2.19. The first kappa shape index (κ1) is 14.2. The van der Waals surface area contributed by atoms with E-state index in [0.717, 1.165) is 30.8 Å². The summed E-state index contributed by atoms with van der Waals surface area (Å²) < 4.78 is 8.93. The van der Waals surface area contributed by atoms with Gasteiger partial charge in [0.15, 0.2) is 0 Å². The van der Waals surface area contributed by atoms with Crippen LogP contribution in [0.25, 0.3) is 5.69 Å². The Morgan fingerprint density at radius 3 is 2.55 bits per heavy atom. The number of ether oxygens (including phenoxy) is 1. The molecular weight excluding hydrogens is 254 g/mol. The summed E-state index contributed by atoms with van der Waals surface area (Å²) in [6.45, 7) is 4.82. The fourth-order valence-corrected chi connectivity index (χ4v) is 2.47. The lowest BCUT2D eigenvalue weighted by atomic mass is 10.3. The first-order valence-corrected chi connectivity index (χ1v) is 6.89. The van der Waals surface area contributed by atoms with Gasteiger partial charge in [-0.15, -0.1) is 0 Å². The van der Waals surface area contributed by atoms with E-state index in [2.05, 4.69) is 6.92 Å². The molecule has 0 aliphatic rings. The minimum atomic E-state index is -0.181. The second-order valence-corrected chi connectivity index (χ2v) is 4.63. The minimum Gasteiger partial charge on any atom is -0.494 e. The summed E-state index contributed by atoms with van der Waals surface area (Å²) in [5.41, 5.74) is 7.72. The summed E-state index contributed by atoms with van der Waals surface area (Å²) in [6, 6.07) is 7.47. The summed E-state index contributed by atoms with van der Waals surface area (Å²) in [7, 11) is 1.60. The molecule has 2 aromatic rings. The Balaban J connectivity index is 2.76. The van der Waals surface area contributed by atoms with E-state index in [0.29, 0.717) is 11.4 Å². The van der Waals surface area contributed by atoms with Crippen LogP contribution in [0.4, 0.5) is 5.69 Å². The SMILES string of the molecule is CCCn1c(CC)c(N)c(=O)n1-c1ccccc1OC. The minimum absolute atomic E-state index is 0.181. The molecule has 2 N–H and O–H groups in total. The summed E-state index contributed by atoms with van der Waals surface area (Å²) >= 11 is 0. The van der Waals surface area contributed by atoms with Gasteiger partial charge in [-0.3, -0.25) is 9.48 Å². The number of nitrogens with two attached hydrogens (primary N) is 1. The third-order valence-electron chi connectivity index (χ3n) is 3.37. The lowest BCUT2D eigenvalue weighted by molar-refractivity contribution is 0.405. The lowest BCUT2D eigenvalue weighted by Crippen LogP contribution is -2.23. The second kappa shape index (κ2) is 5.86. The number of rotatable bonds is 5. The van der Waals surface area contributed by atoms with Crippen LogP contribution >= 0.6 is 0 Å². The van der Waals surface area contributed by atoms with Gasteiger partial charge in [0.2, 0.25) is 0 Å². The van der Waals surface area contributed by atoms with Crippen LogP contribution in [0.5, 0.6) is 5.75 Å². The Bertz CT molecular complexity index is 656. The van der Waals surface area contributed by atoms with Gasteiger partial charge in [-0.05, 0) is 25.0 Å². The molecular formula is C15H21N3O2. The lowest BCUT2D eigenvalue weighted by Gasteiger charge is -2.15. The van der Waals surface area contributed by atoms with E-state index in [-0.39, 0.29) is 5.56 Å². The van der Waals surface area contributed by atoms with Gasteiger partial charge in [-0.1, -0.05) is 26.0 Å². The Hall–Kier alpha value is -2.17. The molecule has 0 radical (unpaired) electrons. The van der Waals surface area contributed by atoms with Crippen LogP contribution in [0.15, 0.2) is 29.1 Å². The molecule has 0 amide bonds.